The molecule has 0 amide bonds. The maximum Gasteiger partial charge on any atom is 0.133 e. The van der Waals surface area contributed by atoms with E-state index in [9.17, 15) is 0 Å². The van der Waals surface area contributed by atoms with E-state index < -0.39 is 0 Å². The van der Waals surface area contributed by atoms with Gasteiger partial charge in [-0.15, -0.1) is 0 Å². The Balaban J connectivity index is 2.11. The zero-order chi connectivity index (χ0) is 14.8. The van der Waals surface area contributed by atoms with Gasteiger partial charge in [-0.05, 0) is 50.7 Å². The van der Waals surface area contributed by atoms with Crippen LogP contribution in [0.2, 0.25) is 0 Å². The molecule has 0 saturated heterocycles. The average molecular weight is 289 g/mol. The molecule has 1 aromatic rings. The van der Waals surface area contributed by atoms with Crippen LogP contribution in [-0.4, -0.2) is 18.6 Å². The van der Waals surface area contributed by atoms with Crippen molar-refractivity contribution in [3.05, 3.63) is 29.8 Å². The van der Waals surface area contributed by atoms with Gasteiger partial charge in [0.25, 0.3) is 0 Å². The maximum atomic E-state index is 5.23. The lowest BCUT2D eigenvalue weighted by Gasteiger charge is -2.19. The first kappa shape index (κ1) is 15.3. The second kappa shape index (κ2) is 5.74. The molecule has 1 heterocycles. The highest BCUT2D eigenvalue weighted by atomic mass is 32.2. The van der Waals surface area contributed by atoms with Crippen molar-refractivity contribution < 1.29 is 4.74 Å². The van der Waals surface area contributed by atoms with Crippen LogP contribution in [0.25, 0.3) is 0 Å². The highest BCUT2D eigenvalue weighted by Crippen LogP contribution is 2.30. The van der Waals surface area contributed by atoms with Crippen molar-refractivity contribution in [2.45, 2.75) is 33.4 Å². The zero-order valence-electron chi connectivity index (χ0n) is 13.2. The molecule has 0 bridgehead atoms. The number of ether oxygens (including phenoxy) is 1. The molecular weight excluding hydrogens is 264 g/mol. The van der Waals surface area contributed by atoms with Crippen LogP contribution in [0.4, 0.5) is 0 Å². The van der Waals surface area contributed by atoms with E-state index in [0.717, 1.165) is 11.5 Å². The van der Waals surface area contributed by atoms with Crippen molar-refractivity contribution in [3.8, 4) is 17.6 Å². The average Bonchev–Trinajstić information content (AvgIpc) is 2.46. The predicted molar refractivity (Wildman–Crippen MR) is 89.1 cm³/mol. The molecule has 0 aromatic heterocycles. The molecule has 0 unspecified atom stereocenters. The molecule has 2 heteroatoms. The Labute approximate surface area is 126 Å². The summed E-state index contributed by atoms with van der Waals surface area (Å²) in [5, 5.41) is 0. The van der Waals surface area contributed by atoms with Gasteiger partial charge in [0.1, 0.15) is 23.0 Å². The Morgan fingerprint density at radius 3 is 1.95 bits per heavy atom. The van der Waals surface area contributed by atoms with Crippen LogP contribution in [-0.2, 0) is 16.6 Å². The van der Waals surface area contributed by atoms with Crippen LogP contribution in [0, 0.1) is 22.7 Å². The van der Waals surface area contributed by atoms with Crippen LogP contribution in [0.5, 0.6) is 5.75 Å². The van der Waals surface area contributed by atoms with Crippen LogP contribution < -0.4 is 4.74 Å². The first-order valence-corrected chi connectivity index (χ1v) is 8.84. The van der Waals surface area contributed by atoms with Crippen LogP contribution in [0.3, 0.4) is 0 Å². The summed E-state index contributed by atoms with van der Waals surface area (Å²) in [6, 6.07) is 8.50. The van der Waals surface area contributed by atoms with Gasteiger partial charge in [0.15, 0.2) is 0 Å². The third-order valence-corrected chi connectivity index (χ3v) is 6.40. The van der Waals surface area contributed by atoms with Gasteiger partial charge in [-0.25, -0.2) is 0 Å². The fourth-order valence-corrected chi connectivity index (χ4v) is 5.70. The quantitative estimate of drug-likeness (QED) is 0.606. The van der Waals surface area contributed by atoms with Crippen molar-refractivity contribution in [2.24, 2.45) is 10.8 Å². The summed E-state index contributed by atoms with van der Waals surface area (Å²) in [4.78, 5) is 0. The number of benzene rings is 1. The lowest BCUT2D eigenvalue weighted by Crippen LogP contribution is -2.28. The molecule has 0 aliphatic carbocycles. The minimum atomic E-state index is 0.142. The molecule has 0 saturated carbocycles. The van der Waals surface area contributed by atoms with E-state index in [0.29, 0.717) is 10.9 Å². The summed E-state index contributed by atoms with van der Waals surface area (Å²) in [5.74, 6) is 11.5. The van der Waals surface area contributed by atoms with Crippen molar-refractivity contribution in [3.63, 3.8) is 0 Å². The summed E-state index contributed by atoms with van der Waals surface area (Å²) >= 11 is 0. The van der Waals surface area contributed by atoms with Gasteiger partial charge in [-0.1, -0.05) is 24.0 Å². The highest BCUT2D eigenvalue weighted by molar-refractivity contribution is 7.96. The number of hydrogen-bond acceptors (Lipinski definition) is 1. The normalized spacial score (nSPS) is 20.6. The highest BCUT2D eigenvalue weighted by Gasteiger charge is 2.37. The van der Waals surface area contributed by atoms with Gasteiger partial charge in [-0.2, -0.15) is 0 Å². The number of rotatable bonds is 3. The van der Waals surface area contributed by atoms with Gasteiger partial charge in [0.2, 0.25) is 0 Å². The molecule has 0 atom stereocenters. The van der Waals surface area contributed by atoms with E-state index in [1.807, 2.05) is 0 Å². The second-order valence-corrected chi connectivity index (χ2v) is 9.00. The van der Waals surface area contributed by atoms with Crippen LogP contribution in [0.1, 0.15) is 33.3 Å². The number of hydrogen-bond donors (Lipinski definition) is 0. The minimum Gasteiger partial charge on any atom is -0.497 e. The molecule has 108 valence electrons. The van der Waals surface area contributed by atoms with Gasteiger partial charge >= 0.3 is 0 Å². The maximum absolute atomic E-state index is 5.23. The Bertz CT molecular complexity index is 495. The lowest BCUT2D eigenvalue weighted by atomic mass is 9.92. The summed E-state index contributed by atoms with van der Waals surface area (Å²) in [6.07, 6.45) is 0. The standard InChI is InChI=1S/C18H25OS/c1-17(2)10-11-18(3,4)14-20(13-17)12-15-6-8-16(19-5)9-7-15/h6-9H,12-14H2,1-5H3/q+1. The molecule has 0 radical (unpaired) electrons. The molecule has 0 spiro atoms. The molecule has 2 rings (SSSR count). The lowest BCUT2D eigenvalue weighted by molar-refractivity contribution is 0.414. The molecular formula is C18H25OS+. The van der Waals surface area contributed by atoms with Crippen molar-refractivity contribution in [1.82, 2.24) is 0 Å². The summed E-state index contributed by atoms with van der Waals surface area (Å²) < 4.78 is 5.23. The van der Waals surface area contributed by atoms with E-state index >= 15 is 0 Å². The van der Waals surface area contributed by atoms with Crippen LogP contribution >= 0.6 is 0 Å². The fourth-order valence-electron chi connectivity index (χ4n) is 2.54. The third-order valence-electron chi connectivity index (χ3n) is 3.40. The molecule has 1 aromatic carbocycles. The van der Waals surface area contributed by atoms with E-state index in [4.69, 9.17) is 4.74 Å². The summed E-state index contributed by atoms with van der Waals surface area (Å²) in [5.41, 5.74) is 1.69. The molecule has 1 aliphatic heterocycles. The Kier molecular flexibility index (Phi) is 4.39. The molecule has 1 nitrogen and oxygen atoms in total. The van der Waals surface area contributed by atoms with E-state index in [-0.39, 0.29) is 10.8 Å². The third kappa shape index (κ3) is 4.21. The van der Waals surface area contributed by atoms with E-state index in [1.165, 1.54) is 17.1 Å². The SMILES string of the molecule is COc1ccc(C[S+]2CC(C)(C)C#CC(C)(C)C2)cc1. The summed E-state index contributed by atoms with van der Waals surface area (Å²) in [6.45, 7) is 9.09. The Morgan fingerprint density at radius 1 is 1.00 bits per heavy atom. The topological polar surface area (TPSA) is 9.23 Å². The Morgan fingerprint density at radius 2 is 1.50 bits per heavy atom. The van der Waals surface area contributed by atoms with Crippen LogP contribution in [0.15, 0.2) is 24.3 Å². The number of methoxy groups -OCH3 is 1. The van der Waals surface area contributed by atoms with Gasteiger partial charge < -0.3 is 4.74 Å². The van der Waals surface area contributed by atoms with Crippen molar-refractivity contribution in [2.75, 3.05) is 18.6 Å². The monoisotopic (exact) mass is 289 g/mol. The Hall–Kier alpha value is -1.07. The molecule has 1 aliphatic rings. The molecule has 0 fully saturated rings. The zero-order valence-corrected chi connectivity index (χ0v) is 14.1. The minimum absolute atomic E-state index is 0.142. The predicted octanol–water partition coefficient (Wildman–Crippen LogP) is 3.88. The first-order chi connectivity index (χ1) is 9.30. The fraction of sp³-hybridized carbons (Fsp3) is 0.556. The first-order valence-electron chi connectivity index (χ1n) is 7.11. The smallest absolute Gasteiger partial charge is 0.133 e. The van der Waals surface area contributed by atoms with Crippen molar-refractivity contribution >= 4 is 10.9 Å². The van der Waals surface area contributed by atoms with Gasteiger partial charge in [0.05, 0.1) is 17.9 Å². The summed E-state index contributed by atoms with van der Waals surface area (Å²) in [7, 11) is 2.09. The van der Waals surface area contributed by atoms with Gasteiger partial charge in [0, 0.05) is 5.56 Å². The van der Waals surface area contributed by atoms with Crippen molar-refractivity contribution in [1.29, 1.82) is 0 Å². The largest absolute Gasteiger partial charge is 0.497 e. The van der Waals surface area contributed by atoms with Gasteiger partial charge in [-0.3, -0.25) is 0 Å². The molecule has 20 heavy (non-hydrogen) atoms. The van der Waals surface area contributed by atoms with E-state index in [1.54, 1.807) is 7.11 Å². The molecule has 0 N–H and O–H groups in total. The second-order valence-electron chi connectivity index (χ2n) is 6.91. The van der Waals surface area contributed by atoms with E-state index in [2.05, 4.69) is 63.8 Å².